The van der Waals surface area contributed by atoms with E-state index in [0.717, 1.165) is 51.4 Å². The Balaban J connectivity index is 1.43. The fourth-order valence-corrected chi connectivity index (χ4v) is 4.65. The predicted octanol–water partition coefficient (Wildman–Crippen LogP) is 3.66. The van der Waals surface area contributed by atoms with Crippen molar-refractivity contribution in [2.24, 2.45) is 16.6 Å². The van der Waals surface area contributed by atoms with Crippen molar-refractivity contribution in [1.82, 2.24) is 5.32 Å². The molecule has 2 aliphatic rings. The number of nitriles is 1. The Morgan fingerprint density at radius 1 is 1.18 bits per heavy atom. The first-order valence-electron chi connectivity index (χ1n) is 11.6. The Labute approximate surface area is 205 Å². The minimum atomic E-state index is -0.238. The molecule has 0 atom stereocenters. The molecule has 9 heteroatoms. The minimum Gasteiger partial charge on any atom is -0.490 e. The van der Waals surface area contributed by atoms with Gasteiger partial charge in [-0.1, -0.05) is 11.6 Å². The molecule has 2 aliphatic carbocycles. The highest BCUT2D eigenvalue weighted by Crippen LogP contribution is 2.28. The highest BCUT2D eigenvalue weighted by molar-refractivity contribution is 6.31. The van der Waals surface area contributed by atoms with Crippen LogP contribution >= 0.6 is 11.6 Å². The fraction of sp³-hybridized carbons (Fsp3) is 0.520. The maximum Gasteiger partial charge on any atom is 0.308 e. The van der Waals surface area contributed by atoms with Crippen LogP contribution in [0.4, 0.5) is 0 Å². The molecule has 0 unspecified atom stereocenters. The Bertz CT molecular complexity index is 972. The van der Waals surface area contributed by atoms with E-state index < -0.39 is 0 Å². The van der Waals surface area contributed by atoms with Crippen LogP contribution in [0.2, 0.25) is 5.02 Å². The minimum absolute atomic E-state index is 0.0309. The zero-order valence-corrected chi connectivity index (χ0v) is 20.1. The van der Waals surface area contributed by atoms with E-state index in [2.05, 4.69) is 10.3 Å². The summed E-state index contributed by atoms with van der Waals surface area (Å²) in [5, 5.41) is 12.4. The Morgan fingerprint density at radius 2 is 1.88 bits per heavy atom. The zero-order valence-electron chi connectivity index (χ0n) is 19.3. The summed E-state index contributed by atoms with van der Waals surface area (Å²) in [5.74, 6) is 0.182. The summed E-state index contributed by atoms with van der Waals surface area (Å²) in [4.78, 5) is 28.9. The molecule has 0 radical (unpaired) electrons. The van der Waals surface area contributed by atoms with Crippen molar-refractivity contribution in [1.29, 1.82) is 5.26 Å². The van der Waals surface area contributed by atoms with Gasteiger partial charge in [0.1, 0.15) is 11.8 Å². The van der Waals surface area contributed by atoms with E-state index >= 15 is 0 Å². The van der Waals surface area contributed by atoms with Gasteiger partial charge < -0.3 is 20.5 Å². The van der Waals surface area contributed by atoms with Crippen molar-refractivity contribution in [2.75, 3.05) is 7.11 Å². The van der Waals surface area contributed by atoms with Gasteiger partial charge in [0.2, 0.25) is 0 Å². The smallest absolute Gasteiger partial charge is 0.308 e. The van der Waals surface area contributed by atoms with Crippen LogP contribution < -0.4 is 15.8 Å². The van der Waals surface area contributed by atoms with Crippen molar-refractivity contribution >= 4 is 29.7 Å². The topological polar surface area (TPSA) is 127 Å². The lowest BCUT2D eigenvalue weighted by Crippen LogP contribution is -2.40. The molecule has 34 heavy (non-hydrogen) atoms. The molecule has 182 valence electrons. The van der Waals surface area contributed by atoms with E-state index in [1.165, 1.54) is 13.3 Å². The molecule has 8 nitrogen and oxygen atoms in total. The summed E-state index contributed by atoms with van der Waals surface area (Å²) in [7, 11) is 1.41. The Hall–Kier alpha value is -3.05. The molecule has 2 fully saturated rings. The lowest BCUT2D eigenvalue weighted by Gasteiger charge is -2.29. The van der Waals surface area contributed by atoms with Crippen LogP contribution in [-0.2, 0) is 14.3 Å². The van der Waals surface area contributed by atoms with Crippen molar-refractivity contribution in [3.8, 4) is 11.8 Å². The first-order valence-corrected chi connectivity index (χ1v) is 12.0. The van der Waals surface area contributed by atoms with Crippen molar-refractivity contribution in [3.63, 3.8) is 0 Å². The first kappa shape index (κ1) is 25.6. The Kier molecular flexibility index (Phi) is 9.34. The average molecular weight is 487 g/mol. The number of esters is 1. The maximum absolute atomic E-state index is 12.7. The lowest BCUT2D eigenvalue weighted by molar-refractivity contribution is -0.146. The van der Waals surface area contributed by atoms with E-state index in [0.29, 0.717) is 21.9 Å². The van der Waals surface area contributed by atoms with Crippen LogP contribution in [0.5, 0.6) is 5.75 Å². The zero-order chi connectivity index (χ0) is 24.5. The summed E-state index contributed by atoms with van der Waals surface area (Å²) >= 11 is 6.08. The largest absolute Gasteiger partial charge is 0.490 e. The molecule has 0 bridgehead atoms. The first-order chi connectivity index (χ1) is 16.4. The SMILES string of the molecule is COC(=O)C1CCC(N=CC(=CN)C(=O)NC2CCC(Oc3ccc(C#N)c(Cl)c3)CC2)CC1. The molecular formula is C25H31ClN4O4. The standard InChI is InChI=1S/C25H31ClN4O4/c1-33-25(32)16-2-5-19(6-3-16)29-15-18(14-28)24(31)30-20-7-10-21(11-8-20)34-22-9-4-17(13-27)23(26)12-22/h4,9,12,14-16,19-21H,2-3,5-8,10-11,28H2,1H3,(H,30,31). The van der Waals surface area contributed by atoms with Gasteiger partial charge in [-0.2, -0.15) is 5.26 Å². The summed E-state index contributed by atoms with van der Waals surface area (Å²) in [6.45, 7) is 0. The Morgan fingerprint density at radius 3 is 2.47 bits per heavy atom. The number of nitrogens with zero attached hydrogens (tertiary/aromatic N) is 2. The molecule has 0 aromatic heterocycles. The second-order valence-electron chi connectivity index (χ2n) is 8.75. The number of amides is 1. The van der Waals surface area contributed by atoms with Crippen LogP contribution in [0, 0.1) is 17.2 Å². The van der Waals surface area contributed by atoms with Gasteiger partial charge in [-0.25, -0.2) is 0 Å². The molecule has 3 rings (SSSR count). The van der Waals surface area contributed by atoms with E-state index in [-0.39, 0.29) is 36.0 Å². The second kappa shape index (κ2) is 12.4. The van der Waals surface area contributed by atoms with Gasteiger partial charge in [0, 0.05) is 30.6 Å². The molecule has 3 N–H and O–H groups in total. The number of methoxy groups -OCH3 is 1. The molecule has 1 aromatic rings. The third-order valence-electron chi connectivity index (χ3n) is 6.47. The molecular weight excluding hydrogens is 456 g/mol. The highest BCUT2D eigenvalue weighted by atomic mass is 35.5. The van der Waals surface area contributed by atoms with Gasteiger partial charge in [0.05, 0.1) is 35.3 Å². The van der Waals surface area contributed by atoms with Crippen LogP contribution in [0.15, 0.2) is 35.0 Å². The number of benzene rings is 1. The van der Waals surface area contributed by atoms with Crippen molar-refractivity contribution in [2.45, 2.75) is 69.6 Å². The molecule has 0 heterocycles. The summed E-state index contributed by atoms with van der Waals surface area (Å²) < 4.78 is 10.8. The van der Waals surface area contributed by atoms with Gasteiger partial charge >= 0.3 is 5.97 Å². The monoisotopic (exact) mass is 486 g/mol. The molecule has 1 aromatic carbocycles. The quantitative estimate of drug-likeness (QED) is 0.344. The number of hydrogen-bond acceptors (Lipinski definition) is 7. The number of hydrogen-bond donors (Lipinski definition) is 2. The van der Waals surface area contributed by atoms with Gasteiger partial charge in [-0.05, 0) is 63.5 Å². The van der Waals surface area contributed by atoms with Crippen molar-refractivity contribution < 1.29 is 19.1 Å². The number of nitrogens with two attached hydrogens (primary N) is 1. The number of carbonyl (C=O) groups excluding carboxylic acids is 2. The van der Waals surface area contributed by atoms with Crippen LogP contribution in [0.25, 0.3) is 0 Å². The number of carbonyl (C=O) groups is 2. The number of aliphatic imine (C=N–C) groups is 1. The van der Waals surface area contributed by atoms with E-state index in [4.69, 9.17) is 32.1 Å². The van der Waals surface area contributed by atoms with E-state index in [9.17, 15) is 9.59 Å². The van der Waals surface area contributed by atoms with E-state index in [1.807, 2.05) is 6.07 Å². The summed E-state index contributed by atoms with van der Waals surface area (Å²) in [6.07, 6.45) is 9.05. The molecule has 0 spiro atoms. The normalized spacial score (nSPS) is 25.4. The van der Waals surface area contributed by atoms with Gasteiger partial charge in [0.25, 0.3) is 5.91 Å². The van der Waals surface area contributed by atoms with Crippen LogP contribution in [0.3, 0.4) is 0 Å². The van der Waals surface area contributed by atoms with Gasteiger partial charge in [-0.3, -0.25) is 14.6 Å². The average Bonchev–Trinajstić information content (AvgIpc) is 2.85. The van der Waals surface area contributed by atoms with Crippen LogP contribution in [-0.4, -0.2) is 43.4 Å². The van der Waals surface area contributed by atoms with E-state index in [1.54, 1.807) is 24.4 Å². The highest BCUT2D eigenvalue weighted by Gasteiger charge is 2.27. The predicted molar refractivity (Wildman–Crippen MR) is 130 cm³/mol. The molecule has 2 saturated carbocycles. The number of rotatable bonds is 7. The maximum atomic E-state index is 12.7. The number of ether oxygens (including phenoxy) is 2. The van der Waals surface area contributed by atoms with Crippen molar-refractivity contribution in [3.05, 3.63) is 40.6 Å². The molecule has 0 aliphatic heterocycles. The molecule has 0 saturated heterocycles. The lowest BCUT2D eigenvalue weighted by atomic mass is 9.86. The van der Waals surface area contributed by atoms with Crippen LogP contribution in [0.1, 0.15) is 56.9 Å². The van der Waals surface area contributed by atoms with Gasteiger partial charge in [0.15, 0.2) is 0 Å². The second-order valence-corrected chi connectivity index (χ2v) is 9.15. The fourth-order valence-electron chi connectivity index (χ4n) is 4.44. The number of nitrogens with one attached hydrogen (secondary N) is 1. The third-order valence-corrected chi connectivity index (χ3v) is 6.78. The van der Waals surface area contributed by atoms with Gasteiger partial charge in [-0.15, -0.1) is 0 Å². The summed E-state index contributed by atoms with van der Waals surface area (Å²) in [5.41, 5.74) is 6.44. The third kappa shape index (κ3) is 6.97. The summed E-state index contributed by atoms with van der Waals surface area (Å²) in [6, 6.07) is 7.20. The molecule has 1 amide bonds. The number of halogens is 1.